The number of rotatable bonds is 6. The molecule has 0 amide bonds. The van der Waals surface area contributed by atoms with Crippen LogP contribution in [0.1, 0.15) is 24.8 Å². The minimum absolute atomic E-state index is 0. The molecule has 0 bridgehead atoms. The molecule has 1 aliphatic rings. The Morgan fingerprint density at radius 2 is 1.90 bits per heavy atom. The van der Waals surface area contributed by atoms with Gasteiger partial charge >= 0.3 is 0 Å². The summed E-state index contributed by atoms with van der Waals surface area (Å²) in [6.07, 6.45) is 3.96. The molecular weight excluding hydrogens is 331 g/mol. The first-order valence-corrected chi connectivity index (χ1v) is 7.45. The minimum atomic E-state index is 0. The van der Waals surface area contributed by atoms with Crippen molar-refractivity contribution in [2.24, 2.45) is 0 Å². The Kier molecular flexibility index (Phi) is 11.3. The van der Waals surface area contributed by atoms with E-state index in [1.807, 2.05) is 25.2 Å². The molecule has 0 aliphatic carbocycles. The number of benzene rings is 1. The van der Waals surface area contributed by atoms with Gasteiger partial charge < -0.3 is 10.1 Å². The van der Waals surface area contributed by atoms with Crippen LogP contribution in [0.3, 0.4) is 0 Å². The number of hydrogen-bond acceptors (Lipinski definition) is 3. The van der Waals surface area contributed by atoms with Crippen molar-refractivity contribution in [3.63, 3.8) is 0 Å². The van der Waals surface area contributed by atoms with Crippen LogP contribution in [0.25, 0.3) is 0 Å². The molecule has 0 radical (unpaired) electrons. The van der Waals surface area contributed by atoms with Crippen LogP contribution in [-0.4, -0.2) is 38.2 Å². The van der Waals surface area contributed by atoms with E-state index >= 15 is 0 Å². The third-order valence-corrected chi connectivity index (χ3v) is 3.71. The molecule has 1 aromatic rings. The smallest absolute Gasteiger partial charge is 0.123 e. The Morgan fingerprint density at radius 1 is 1.19 bits per heavy atom. The normalized spacial score (nSPS) is 15.0. The van der Waals surface area contributed by atoms with Crippen molar-refractivity contribution in [3.05, 3.63) is 28.8 Å². The van der Waals surface area contributed by atoms with Gasteiger partial charge in [0.15, 0.2) is 0 Å². The largest absolute Gasteiger partial charge is 0.492 e. The van der Waals surface area contributed by atoms with Crippen molar-refractivity contribution in [1.29, 1.82) is 0 Å². The van der Waals surface area contributed by atoms with Gasteiger partial charge in [0.1, 0.15) is 12.4 Å². The molecule has 1 fully saturated rings. The quantitative estimate of drug-likeness (QED) is 0.786. The van der Waals surface area contributed by atoms with E-state index in [0.717, 1.165) is 23.9 Å². The van der Waals surface area contributed by atoms with Crippen LogP contribution in [-0.2, 0) is 6.54 Å². The Hall–Kier alpha value is -0.190. The summed E-state index contributed by atoms with van der Waals surface area (Å²) in [5, 5.41) is 3.87. The highest BCUT2D eigenvalue weighted by Gasteiger charge is 2.13. The first-order valence-electron chi connectivity index (χ1n) is 7.08. The van der Waals surface area contributed by atoms with Crippen molar-refractivity contribution in [1.82, 2.24) is 10.2 Å². The van der Waals surface area contributed by atoms with Crippen molar-refractivity contribution >= 4 is 36.4 Å². The van der Waals surface area contributed by atoms with Crippen molar-refractivity contribution in [2.75, 3.05) is 33.3 Å². The second-order valence-corrected chi connectivity index (χ2v) is 5.48. The van der Waals surface area contributed by atoms with Crippen LogP contribution in [0.15, 0.2) is 18.2 Å². The first kappa shape index (κ1) is 20.8. The van der Waals surface area contributed by atoms with Crippen LogP contribution in [0, 0.1) is 0 Å². The number of nitrogens with one attached hydrogen (secondary N) is 1. The lowest BCUT2D eigenvalue weighted by Crippen LogP contribution is -2.29. The van der Waals surface area contributed by atoms with E-state index < -0.39 is 0 Å². The third kappa shape index (κ3) is 7.07. The summed E-state index contributed by atoms with van der Waals surface area (Å²) >= 11 is 6.11. The van der Waals surface area contributed by atoms with E-state index in [1.165, 1.54) is 37.9 Å². The Bertz CT molecular complexity index is 399. The molecule has 0 spiro atoms. The van der Waals surface area contributed by atoms with Gasteiger partial charge in [-0.25, -0.2) is 0 Å². The fourth-order valence-corrected chi connectivity index (χ4v) is 2.63. The highest BCUT2D eigenvalue weighted by atomic mass is 35.5. The van der Waals surface area contributed by atoms with Gasteiger partial charge in [-0.15, -0.1) is 24.8 Å². The minimum Gasteiger partial charge on any atom is -0.492 e. The Labute approximate surface area is 145 Å². The van der Waals surface area contributed by atoms with Gasteiger partial charge in [-0.05, 0) is 51.2 Å². The zero-order valence-electron chi connectivity index (χ0n) is 12.4. The number of likely N-dealkylation sites (tertiary alicyclic amines) is 1. The average molecular weight is 356 g/mol. The predicted molar refractivity (Wildman–Crippen MR) is 94.5 cm³/mol. The standard InChI is InChI=1S/C15H23ClN2O.2ClH/c1-17-7-10-19-15-6-5-14(16)11-13(15)12-18-8-3-2-4-9-18;;/h5-6,11,17H,2-4,7-10,12H2,1H3;2*1H. The summed E-state index contributed by atoms with van der Waals surface area (Å²) in [5.41, 5.74) is 1.20. The molecule has 0 saturated carbocycles. The molecule has 0 atom stereocenters. The number of piperidine rings is 1. The molecular formula is C15H25Cl3N2O. The van der Waals surface area contributed by atoms with Gasteiger partial charge in [0.2, 0.25) is 0 Å². The van der Waals surface area contributed by atoms with Crippen LogP contribution >= 0.6 is 36.4 Å². The summed E-state index contributed by atoms with van der Waals surface area (Å²) < 4.78 is 5.83. The molecule has 6 heteroatoms. The Morgan fingerprint density at radius 3 is 2.57 bits per heavy atom. The number of nitrogens with zero attached hydrogens (tertiary/aromatic N) is 1. The van der Waals surface area contributed by atoms with E-state index in [9.17, 15) is 0 Å². The number of ether oxygens (including phenoxy) is 1. The summed E-state index contributed by atoms with van der Waals surface area (Å²) in [6, 6.07) is 5.91. The van der Waals surface area contributed by atoms with Gasteiger partial charge in [-0.3, -0.25) is 4.90 Å². The summed E-state index contributed by atoms with van der Waals surface area (Å²) in [6.45, 7) is 4.84. The predicted octanol–water partition coefficient (Wildman–Crippen LogP) is 3.77. The maximum atomic E-state index is 6.11. The lowest BCUT2D eigenvalue weighted by atomic mass is 10.1. The van der Waals surface area contributed by atoms with E-state index in [0.29, 0.717) is 6.61 Å². The van der Waals surface area contributed by atoms with E-state index in [2.05, 4.69) is 10.2 Å². The van der Waals surface area contributed by atoms with Crippen LogP contribution in [0.5, 0.6) is 5.75 Å². The maximum absolute atomic E-state index is 6.11. The third-order valence-electron chi connectivity index (χ3n) is 3.47. The van der Waals surface area contributed by atoms with Gasteiger partial charge in [0.05, 0.1) is 0 Å². The lowest BCUT2D eigenvalue weighted by molar-refractivity contribution is 0.216. The van der Waals surface area contributed by atoms with Crippen LogP contribution in [0.4, 0.5) is 0 Å². The Balaban J connectivity index is 0.00000200. The van der Waals surface area contributed by atoms with Gasteiger partial charge in [-0.1, -0.05) is 18.0 Å². The van der Waals surface area contributed by atoms with Crippen LogP contribution in [0.2, 0.25) is 5.02 Å². The monoisotopic (exact) mass is 354 g/mol. The summed E-state index contributed by atoms with van der Waals surface area (Å²) in [4.78, 5) is 2.49. The van der Waals surface area contributed by atoms with E-state index in [-0.39, 0.29) is 24.8 Å². The molecule has 0 unspecified atom stereocenters. The molecule has 1 N–H and O–H groups in total. The van der Waals surface area contributed by atoms with Gasteiger partial charge in [0.25, 0.3) is 0 Å². The number of hydrogen-bond donors (Lipinski definition) is 1. The molecule has 2 rings (SSSR count). The molecule has 3 nitrogen and oxygen atoms in total. The molecule has 1 heterocycles. The molecule has 1 aromatic carbocycles. The summed E-state index contributed by atoms with van der Waals surface area (Å²) in [7, 11) is 1.93. The fraction of sp³-hybridized carbons (Fsp3) is 0.600. The lowest BCUT2D eigenvalue weighted by Gasteiger charge is -2.27. The summed E-state index contributed by atoms with van der Waals surface area (Å²) in [5.74, 6) is 0.963. The fourth-order valence-electron chi connectivity index (χ4n) is 2.43. The van der Waals surface area contributed by atoms with E-state index in [1.54, 1.807) is 0 Å². The highest BCUT2D eigenvalue weighted by molar-refractivity contribution is 6.30. The van der Waals surface area contributed by atoms with Gasteiger partial charge in [-0.2, -0.15) is 0 Å². The second kappa shape index (κ2) is 11.4. The molecule has 0 aromatic heterocycles. The van der Waals surface area contributed by atoms with E-state index in [4.69, 9.17) is 16.3 Å². The molecule has 1 saturated heterocycles. The van der Waals surface area contributed by atoms with Crippen molar-refractivity contribution < 1.29 is 4.74 Å². The zero-order chi connectivity index (χ0) is 13.5. The SMILES string of the molecule is CNCCOc1ccc(Cl)cc1CN1CCCCC1.Cl.Cl. The first-order chi connectivity index (χ1) is 9.29. The molecule has 21 heavy (non-hydrogen) atoms. The second-order valence-electron chi connectivity index (χ2n) is 5.04. The topological polar surface area (TPSA) is 24.5 Å². The van der Waals surface area contributed by atoms with Crippen molar-refractivity contribution in [2.45, 2.75) is 25.8 Å². The van der Waals surface area contributed by atoms with Gasteiger partial charge in [0, 0.05) is 23.7 Å². The number of likely N-dealkylation sites (N-methyl/N-ethyl adjacent to an activating group) is 1. The average Bonchev–Trinajstić information content (AvgIpc) is 2.43. The highest BCUT2D eigenvalue weighted by Crippen LogP contribution is 2.25. The van der Waals surface area contributed by atoms with Crippen LogP contribution < -0.4 is 10.1 Å². The molecule has 1 aliphatic heterocycles. The van der Waals surface area contributed by atoms with Crippen molar-refractivity contribution in [3.8, 4) is 5.75 Å². The maximum Gasteiger partial charge on any atom is 0.123 e. The molecule has 122 valence electrons. The number of halogens is 3. The zero-order valence-corrected chi connectivity index (χ0v) is 14.8.